The average Bonchev–Trinajstić information content (AvgIpc) is 2.91. The van der Waals surface area contributed by atoms with Gasteiger partial charge in [-0.15, -0.1) is 0 Å². The highest BCUT2D eigenvalue weighted by molar-refractivity contribution is 7.99. The van der Waals surface area contributed by atoms with Crippen LogP contribution in [0.4, 0.5) is 23.0 Å². The maximum Gasteiger partial charge on any atom is 0.246 e. The Labute approximate surface area is 215 Å². The third-order valence-electron chi connectivity index (χ3n) is 6.02. The zero-order valence-electron chi connectivity index (χ0n) is 19.8. The molecule has 2 heterocycles. The molecule has 1 saturated heterocycles. The summed E-state index contributed by atoms with van der Waals surface area (Å²) in [6, 6.07) is 26.7. The predicted octanol–water partition coefficient (Wildman–Crippen LogP) is 5.20. The van der Waals surface area contributed by atoms with Crippen molar-refractivity contribution in [3.05, 3.63) is 96.7 Å². The molecule has 182 valence electrons. The molecule has 0 aliphatic carbocycles. The van der Waals surface area contributed by atoms with Gasteiger partial charge in [0.05, 0.1) is 5.69 Å². The van der Waals surface area contributed by atoms with Crippen molar-refractivity contribution in [2.45, 2.75) is 6.04 Å². The lowest BCUT2D eigenvalue weighted by Gasteiger charge is -2.33. The van der Waals surface area contributed by atoms with Gasteiger partial charge in [0.2, 0.25) is 11.9 Å². The van der Waals surface area contributed by atoms with Crippen molar-refractivity contribution < 1.29 is 4.79 Å². The highest BCUT2D eigenvalue weighted by Gasteiger charge is 2.28. The Morgan fingerprint density at radius 3 is 2.44 bits per heavy atom. The van der Waals surface area contributed by atoms with E-state index < -0.39 is 0 Å². The van der Waals surface area contributed by atoms with Crippen molar-refractivity contribution in [2.75, 3.05) is 41.0 Å². The first kappa shape index (κ1) is 23.8. The molecule has 0 bridgehead atoms. The molecular weight excluding hydrogens is 468 g/mol. The first-order valence-electron chi connectivity index (χ1n) is 11.9. The topological polar surface area (TPSA) is 96.2 Å². The number of aromatic nitrogens is 2. The normalized spacial score (nSPS) is 14.7. The zero-order chi connectivity index (χ0) is 24.7. The molecule has 8 heteroatoms. The van der Waals surface area contributed by atoms with Gasteiger partial charge in [-0.3, -0.25) is 9.69 Å². The molecule has 7 nitrogen and oxygen atoms in total. The van der Waals surface area contributed by atoms with Crippen molar-refractivity contribution in [3.8, 4) is 11.3 Å². The lowest BCUT2D eigenvalue weighted by molar-refractivity contribution is -0.121. The van der Waals surface area contributed by atoms with E-state index in [1.54, 1.807) is 6.20 Å². The molecule has 1 atom stereocenters. The molecule has 0 radical (unpaired) electrons. The number of benzene rings is 3. The van der Waals surface area contributed by atoms with Crippen LogP contribution in [-0.2, 0) is 4.79 Å². The summed E-state index contributed by atoms with van der Waals surface area (Å²) >= 11 is 1.93. The van der Waals surface area contributed by atoms with Crippen molar-refractivity contribution in [1.29, 1.82) is 0 Å². The summed E-state index contributed by atoms with van der Waals surface area (Å²) in [5.74, 6) is 2.55. The van der Waals surface area contributed by atoms with Crippen molar-refractivity contribution in [2.24, 2.45) is 0 Å². The second-order valence-electron chi connectivity index (χ2n) is 8.54. The van der Waals surface area contributed by atoms with Gasteiger partial charge < -0.3 is 16.4 Å². The maximum absolute atomic E-state index is 13.4. The van der Waals surface area contributed by atoms with Crippen LogP contribution in [0.15, 0.2) is 91.1 Å². The molecule has 1 aliphatic rings. The number of carbonyl (C=O) groups is 1. The third-order valence-corrected chi connectivity index (χ3v) is 6.96. The Balaban J connectivity index is 1.30. The maximum atomic E-state index is 13.4. The van der Waals surface area contributed by atoms with Gasteiger partial charge in [0.25, 0.3) is 0 Å². The Morgan fingerprint density at radius 1 is 0.917 bits per heavy atom. The third kappa shape index (κ3) is 5.84. The summed E-state index contributed by atoms with van der Waals surface area (Å²) < 4.78 is 0. The summed E-state index contributed by atoms with van der Waals surface area (Å²) in [6.07, 6.45) is 1.72. The largest absolute Gasteiger partial charge is 0.399 e. The first-order valence-corrected chi connectivity index (χ1v) is 13.0. The van der Waals surface area contributed by atoms with Gasteiger partial charge in [0.1, 0.15) is 6.04 Å². The lowest BCUT2D eigenvalue weighted by Crippen LogP contribution is -2.41. The van der Waals surface area contributed by atoms with Crippen LogP contribution in [0.5, 0.6) is 0 Å². The summed E-state index contributed by atoms with van der Waals surface area (Å²) in [4.78, 5) is 24.6. The van der Waals surface area contributed by atoms with E-state index in [4.69, 9.17) is 5.73 Å². The van der Waals surface area contributed by atoms with Gasteiger partial charge in [0, 0.05) is 53.4 Å². The quantitative estimate of drug-likeness (QED) is 0.303. The summed E-state index contributed by atoms with van der Waals surface area (Å²) in [6.45, 7) is 1.80. The number of anilines is 4. The van der Waals surface area contributed by atoms with E-state index in [2.05, 4.69) is 25.5 Å². The fraction of sp³-hybridized carbons (Fsp3) is 0.179. The van der Waals surface area contributed by atoms with Crippen molar-refractivity contribution >= 4 is 40.7 Å². The minimum atomic E-state index is -0.311. The number of amides is 1. The minimum Gasteiger partial charge on any atom is -0.399 e. The second-order valence-corrected chi connectivity index (χ2v) is 9.77. The Morgan fingerprint density at radius 2 is 1.69 bits per heavy atom. The monoisotopic (exact) mass is 496 g/mol. The first-order chi connectivity index (χ1) is 17.7. The standard InChI is InChI=1S/C28H28N6OS/c29-22-7-4-8-24(19-22)32-28-30-14-13-25(33-28)20-9-11-23(12-10-20)31-27(35)26(21-5-2-1-3-6-21)34-15-17-36-18-16-34/h1-14,19,26H,15-18,29H2,(H,31,35)(H,30,32,33). The second kappa shape index (κ2) is 11.2. The van der Waals surface area contributed by atoms with E-state index in [1.807, 2.05) is 96.7 Å². The van der Waals surface area contributed by atoms with E-state index in [1.165, 1.54) is 0 Å². The zero-order valence-corrected chi connectivity index (χ0v) is 20.6. The number of hydrogen-bond acceptors (Lipinski definition) is 7. The average molecular weight is 497 g/mol. The van der Waals surface area contributed by atoms with Gasteiger partial charge >= 0.3 is 0 Å². The molecule has 1 aliphatic heterocycles. The van der Waals surface area contributed by atoms with E-state index in [0.29, 0.717) is 11.6 Å². The van der Waals surface area contributed by atoms with Gasteiger partial charge in [-0.1, -0.05) is 48.5 Å². The number of thioether (sulfide) groups is 1. The van der Waals surface area contributed by atoms with E-state index in [-0.39, 0.29) is 11.9 Å². The molecule has 5 rings (SSSR count). The fourth-order valence-corrected chi connectivity index (χ4v) is 5.19. The van der Waals surface area contributed by atoms with Crippen LogP contribution in [-0.4, -0.2) is 45.4 Å². The number of nitrogens with one attached hydrogen (secondary N) is 2. The number of nitrogen functional groups attached to an aromatic ring is 1. The molecule has 4 N–H and O–H groups in total. The van der Waals surface area contributed by atoms with Crippen LogP contribution in [0.3, 0.4) is 0 Å². The van der Waals surface area contributed by atoms with E-state index >= 15 is 0 Å². The fourth-order valence-electron chi connectivity index (χ4n) is 4.26. The smallest absolute Gasteiger partial charge is 0.246 e. The van der Waals surface area contributed by atoms with Crippen LogP contribution in [0.2, 0.25) is 0 Å². The molecule has 4 aromatic rings. The molecule has 1 unspecified atom stereocenters. The van der Waals surface area contributed by atoms with E-state index in [9.17, 15) is 4.79 Å². The van der Waals surface area contributed by atoms with Crippen LogP contribution in [0.25, 0.3) is 11.3 Å². The number of carbonyl (C=O) groups excluding carboxylic acids is 1. The Kier molecular flexibility index (Phi) is 7.44. The molecular formula is C28H28N6OS. The number of rotatable bonds is 7. The molecule has 0 spiro atoms. The van der Waals surface area contributed by atoms with Crippen LogP contribution < -0.4 is 16.4 Å². The Bertz CT molecular complexity index is 1310. The summed E-state index contributed by atoms with van der Waals surface area (Å²) in [5, 5.41) is 6.31. The predicted molar refractivity (Wildman–Crippen MR) is 148 cm³/mol. The molecule has 1 aromatic heterocycles. The van der Waals surface area contributed by atoms with Crippen molar-refractivity contribution in [3.63, 3.8) is 0 Å². The number of nitrogens with two attached hydrogens (primary N) is 1. The van der Waals surface area contributed by atoms with Crippen LogP contribution >= 0.6 is 11.8 Å². The Hall–Kier alpha value is -3.88. The molecule has 0 saturated carbocycles. The van der Waals surface area contributed by atoms with Gasteiger partial charge in [0.15, 0.2) is 0 Å². The molecule has 1 fully saturated rings. The highest BCUT2D eigenvalue weighted by atomic mass is 32.2. The lowest BCUT2D eigenvalue weighted by atomic mass is 10.0. The minimum absolute atomic E-state index is 0.0171. The van der Waals surface area contributed by atoms with Crippen LogP contribution in [0.1, 0.15) is 11.6 Å². The number of nitrogens with zero attached hydrogens (tertiary/aromatic N) is 3. The number of hydrogen-bond donors (Lipinski definition) is 3. The van der Waals surface area contributed by atoms with Crippen LogP contribution in [0, 0.1) is 0 Å². The summed E-state index contributed by atoms with van der Waals surface area (Å²) in [7, 11) is 0. The van der Waals surface area contributed by atoms with Crippen molar-refractivity contribution in [1.82, 2.24) is 14.9 Å². The SMILES string of the molecule is Nc1cccc(Nc2nccc(-c3ccc(NC(=O)C(c4ccccc4)N4CCSCC4)cc3)n2)c1. The van der Waals surface area contributed by atoms with E-state index in [0.717, 1.165) is 52.8 Å². The molecule has 3 aromatic carbocycles. The molecule has 36 heavy (non-hydrogen) atoms. The highest BCUT2D eigenvalue weighted by Crippen LogP contribution is 2.27. The van der Waals surface area contributed by atoms with Gasteiger partial charge in [-0.25, -0.2) is 9.97 Å². The van der Waals surface area contributed by atoms with Gasteiger partial charge in [-0.05, 0) is 42.0 Å². The van der Waals surface area contributed by atoms with Gasteiger partial charge in [-0.2, -0.15) is 11.8 Å². The summed E-state index contributed by atoms with van der Waals surface area (Å²) in [5.41, 5.74) is 10.8. The molecule has 1 amide bonds.